The molecule has 9 heteroatoms. The van der Waals surface area contributed by atoms with Gasteiger partial charge in [0.2, 0.25) is 5.91 Å². The molecule has 2 aliphatic rings. The number of amides is 3. The van der Waals surface area contributed by atoms with Crippen LogP contribution >= 0.6 is 0 Å². The Labute approximate surface area is 231 Å². The number of carbonyl (C=O) groups excluding carboxylic acids is 2. The van der Waals surface area contributed by atoms with Crippen molar-refractivity contribution in [1.82, 2.24) is 20.1 Å². The summed E-state index contributed by atoms with van der Waals surface area (Å²) in [5.74, 6) is 0.602. The molecule has 0 saturated heterocycles. The van der Waals surface area contributed by atoms with Crippen LogP contribution < -0.4 is 15.4 Å². The molecule has 4 rings (SSSR count). The highest BCUT2D eigenvalue weighted by molar-refractivity contribution is 5.90. The number of nitrogens with one attached hydrogen (secondary N) is 2. The van der Waals surface area contributed by atoms with E-state index in [1.54, 1.807) is 17.3 Å². The molecule has 1 saturated carbocycles. The number of aliphatic hydroxyl groups is 1. The lowest BCUT2D eigenvalue weighted by molar-refractivity contribution is -0.134. The Morgan fingerprint density at radius 2 is 1.95 bits per heavy atom. The highest BCUT2D eigenvalue weighted by Gasteiger charge is 2.31. The number of carbonyl (C=O) groups is 2. The molecule has 1 aliphatic carbocycles. The predicted octanol–water partition coefficient (Wildman–Crippen LogP) is 3.82. The van der Waals surface area contributed by atoms with E-state index >= 15 is 0 Å². The largest absolute Gasteiger partial charge is 0.488 e. The molecule has 1 aromatic carbocycles. The lowest BCUT2D eigenvalue weighted by atomic mass is 9.96. The van der Waals surface area contributed by atoms with Gasteiger partial charge in [-0.15, -0.1) is 0 Å². The lowest BCUT2D eigenvalue weighted by Crippen LogP contribution is -2.47. The number of anilines is 1. The Balaban J connectivity index is 1.53. The van der Waals surface area contributed by atoms with E-state index in [2.05, 4.69) is 34.5 Å². The third kappa shape index (κ3) is 8.16. The molecule has 2 aromatic rings. The van der Waals surface area contributed by atoms with Crippen molar-refractivity contribution in [3.8, 4) is 5.75 Å². The summed E-state index contributed by atoms with van der Waals surface area (Å²) in [6.07, 6.45) is 9.05. The number of urea groups is 1. The van der Waals surface area contributed by atoms with Gasteiger partial charge in [-0.3, -0.25) is 14.7 Å². The minimum Gasteiger partial charge on any atom is -0.488 e. The molecule has 1 aromatic heterocycles. The van der Waals surface area contributed by atoms with Crippen LogP contribution in [0.2, 0.25) is 0 Å². The SMILES string of the molecule is C[C@@H]1CN([C@@H](C)CO)C(=O)Cc2cc(NC(=O)NC3CCCCC3)ccc2O[C@@H]1CN(C)Cc1ccncc1. The minimum absolute atomic E-state index is 0.0212. The van der Waals surface area contributed by atoms with Gasteiger partial charge in [0.05, 0.1) is 19.1 Å². The first-order valence-electron chi connectivity index (χ1n) is 14.2. The Morgan fingerprint density at radius 3 is 2.67 bits per heavy atom. The zero-order valence-corrected chi connectivity index (χ0v) is 23.4. The van der Waals surface area contributed by atoms with E-state index in [0.717, 1.165) is 43.4 Å². The molecule has 2 heterocycles. The first kappa shape index (κ1) is 28.8. The Hall–Kier alpha value is -3.17. The van der Waals surface area contributed by atoms with Gasteiger partial charge in [0, 0.05) is 55.2 Å². The van der Waals surface area contributed by atoms with Crippen LogP contribution in [0.3, 0.4) is 0 Å². The number of aliphatic hydroxyl groups excluding tert-OH is 1. The molecule has 9 nitrogen and oxygen atoms in total. The van der Waals surface area contributed by atoms with Crippen molar-refractivity contribution in [1.29, 1.82) is 0 Å². The van der Waals surface area contributed by atoms with Crippen LogP contribution in [0.5, 0.6) is 5.75 Å². The van der Waals surface area contributed by atoms with Gasteiger partial charge in [-0.25, -0.2) is 4.79 Å². The summed E-state index contributed by atoms with van der Waals surface area (Å²) in [6.45, 7) is 5.73. The molecule has 0 bridgehead atoms. The van der Waals surface area contributed by atoms with Crippen LogP contribution in [0.4, 0.5) is 10.5 Å². The molecule has 3 amide bonds. The second-order valence-corrected chi connectivity index (χ2v) is 11.2. The standard InChI is InChI=1S/C30H43N5O4/c1-21-17-35(22(2)20-36)29(37)16-24-15-26(33-30(38)32-25-7-5-4-6-8-25)9-10-27(24)39-28(21)19-34(3)18-23-11-13-31-14-12-23/h9-15,21-22,25,28,36H,4-8,16-20H2,1-3H3,(H2,32,33,38)/t21-,22+,28-/m1/s1. The number of hydrogen-bond acceptors (Lipinski definition) is 6. The zero-order valence-electron chi connectivity index (χ0n) is 23.4. The van der Waals surface area contributed by atoms with Crippen LogP contribution in [0.1, 0.15) is 57.1 Å². The number of likely N-dealkylation sites (N-methyl/N-ethyl adjacent to an activating group) is 1. The average molecular weight is 538 g/mol. The Morgan fingerprint density at radius 1 is 1.21 bits per heavy atom. The van der Waals surface area contributed by atoms with E-state index in [4.69, 9.17) is 4.74 Å². The number of pyridine rings is 1. The summed E-state index contributed by atoms with van der Waals surface area (Å²) in [5, 5.41) is 15.9. The maximum absolute atomic E-state index is 13.4. The summed E-state index contributed by atoms with van der Waals surface area (Å²) in [5.41, 5.74) is 2.51. The van der Waals surface area contributed by atoms with Gasteiger partial charge in [-0.05, 0) is 62.7 Å². The van der Waals surface area contributed by atoms with Crippen molar-refractivity contribution in [2.75, 3.05) is 32.1 Å². The normalized spacial score (nSPS) is 21.3. The van der Waals surface area contributed by atoms with E-state index < -0.39 is 0 Å². The number of aromatic nitrogens is 1. The average Bonchev–Trinajstić information content (AvgIpc) is 2.97. The Bertz CT molecular complexity index is 1090. The number of ether oxygens (including phenoxy) is 1. The van der Waals surface area contributed by atoms with Crippen molar-refractivity contribution in [3.63, 3.8) is 0 Å². The third-order valence-corrected chi connectivity index (χ3v) is 7.81. The number of nitrogens with zero attached hydrogens (tertiary/aromatic N) is 3. The summed E-state index contributed by atoms with van der Waals surface area (Å²) in [6, 6.07) is 9.20. The molecule has 3 N–H and O–H groups in total. The third-order valence-electron chi connectivity index (χ3n) is 7.81. The number of rotatable bonds is 8. The first-order valence-corrected chi connectivity index (χ1v) is 14.2. The predicted molar refractivity (Wildman–Crippen MR) is 152 cm³/mol. The lowest BCUT2D eigenvalue weighted by Gasteiger charge is -2.34. The topological polar surface area (TPSA) is 107 Å². The van der Waals surface area contributed by atoms with Gasteiger partial charge in [0.1, 0.15) is 11.9 Å². The second-order valence-electron chi connectivity index (χ2n) is 11.2. The second kappa shape index (κ2) is 13.8. The van der Waals surface area contributed by atoms with Crippen LogP contribution in [0, 0.1) is 5.92 Å². The highest BCUT2D eigenvalue weighted by Crippen LogP contribution is 2.29. The summed E-state index contributed by atoms with van der Waals surface area (Å²) < 4.78 is 6.61. The van der Waals surface area contributed by atoms with Crippen molar-refractivity contribution in [2.24, 2.45) is 5.92 Å². The van der Waals surface area contributed by atoms with E-state index in [1.165, 1.54) is 6.42 Å². The van der Waals surface area contributed by atoms with E-state index in [-0.39, 0.29) is 49.1 Å². The minimum atomic E-state index is -0.306. The fourth-order valence-electron chi connectivity index (χ4n) is 5.50. The van der Waals surface area contributed by atoms with Crippen LogP contribution in [0.25, 0.3) is 0 Å². The molecule has 212 valence electrons. The molecule has 1 aliphatic heterocycles. The quantitative estimate of drug-likeness (QED) is 0.473. The molecular weight excluding hydrogens is 494 g/mol. The monoisotopic (exact) mass is 537 g/mol. The van der Waals surface area contributed by atoms with Crippen LogP contribution in [-0.2, 0) is 17.8 Å². The summed E-state index contributed by atoms with van der Waals surface area (Å²) in [7, 11) is 2.06. The fourth-order valence-corrected chi connectivity index (χ4v) is 5.50. The van der Waals surface area contributed by atoms with E-state index in [1.807, 2.05) is 37.3 Å². The van der Waals surface area contributed by atoms with Crippen molar-refractivity contribution < 1.29 is 19.4 Å². The molecule has 1 fully saturated rings. The summed E-state index contributed by atoms with van der Waals surface area (Å²) in [4.78, 5) is 34.2. The molecule has 0 radical (unpaired) electrons. The van der Waals surface area contributed by atoms with Crippen LogP contribution in [-0.4, -0.2) is 76.8 Å². The van der Waals surface area contributed by atoms with Crippen molar-refractivity contribution in [2.45, 2.75) is 77.1 Å². The number of benzene rings is 1. The maximum atomic E-state index is 13.4. The molecule has 0 unspecified atom stereocenters. The van der Waals surface area contributed by atoms with E-state index in [0.29, 0.717) is 24.5 Å². The number of hydrogen-bond donors (Lipinski definition) is 3. The van der Waals surface area contributed by atoms with Gasteiger partial charge >= 0.3 is 6.03 Å². The van der Waals surface area contributed by atoms with Gasteiger partial charge in [-0.1, -0.05) is 26.2 Å². The van der Waals surface area contributed by atoms with Gasteiger partial charge in [0.25, 0.3) is 0 Å². The fraction of sp³-hybridized carbons (Fsp3) is 0.567. The molecular formula is C30H43N5O4. The molecule has 3 atom stereocenters. The molecule has 0 spiro atoms. The van der Waals surface area contributed by atoms with Crippen molar-refractivity contribution >= 4 is 17.6 Å². The maximum Gasteiger partial charge on any atom is 0.319 e. The van der Waals surface area contributed by atoms with Crippen molar-refractivity contribution in [3.05, 3.63) is 53.9 Å². The summed E-state index contributed by atoms with van der Waals surface area (Å²) >= 11 is 0. The van der Waals surface area contributed by atoms with E-state index in [9.17, 15) is 14.7 Å². The van der Waals surface area contributed by atoms with Gasteiger partial charge in [-0.2, -0.15) is 0 Å². The smallest absolute Gasteiger partial charge is 0.319 e. The number of fused-ring (bicyclic) bond motifs is 1. The zero-order chi connectivity index (χ0) is 27.8. The van der Waals surface area contributed by atoms with Gasteiger partial charge in [0.15, 0.2) is 0 Å². The van der Waals surface area contributed by atoms with Crippen LogP contribution in [0.15, 0.2) is 42.7 Å². The first-order chi connectivity index (χ1) is 18.8. The Kier molecular flexibility index (Phi) is 10.2. The molecule has 39 heavy (non-hydrogen) atoms. The van der Waals surface area contributed by atoms with Gasteiger partial charge < -0.3 is 25.4 Å². The highest BCUT2D eigenvalue weighted by atomic mass is 16.5.